The van der Waals surface area contributed by atoms with Crippen molar-refractivity contribution in [3.8, 4) is 5.75 Å². The van der Waals surface area contributed by atoms with Crippen LogP contribution in [0.2, 0.25) is 0 Å². The molecular weight excluding hydrogens is 154 g/mol. The van der Waals surface area contributed by atoms with Crippen molar-refractivity contribution < 1.29 is 9.47 Å². The Morgan fingerprint density at radius 2 is 2.08 bits per heavy atom. The summed E-state index contributed by atoms with van der Waals surface area (Å²) in [5.74, 6) is 0.831. The molecule has 2 N–H and O–H groups in total. The molecule has 0 radical (unpaired) electrons. The fourth-order valence-corrected chi connectivity index (χ4v) is 0.898. The van der Waals surface area contributed by atoms with Gasteiger partial charge in [-0.15, -0.1) is 0 Å². The van der Waals surface area contributed by atoms with Crippen LogP contribution < -0.4 is 10.5 Å². The summed E-state index contributed by atoms with van der Waals surface area (Å²) in [5.41, 5.74) is 5.13. The fraction of sp³-hybridized carbons (Fsp3) is 0.333. The van der Waals surface area contributed by atoms with Gasteiger partial charge < -0.3 is 9.47 Å². The first-order valence-corrected chi connectivity index (χ1v) is 3.89. The molecule has 0 amide bonds. The molecule has 3 nitrogen and oxygen atoms in total. The molecule has 0 spiro atoms. The van der Waals surface area contributed by atoms with Gasteiger partial charge in [-0.3, -0.25) is 5.73 Å². The van der Waals surface area contributed by atoms with E-state index < -0.39 is 5.72 Å². The molecule has 0 aliphatic carbocycles. The summed E-state index contributed by atoms with van der Waals surface area (Å²) < 4.78 is 10.4. The average molecular weight is 165 g/mol. The SMILES string of the molecule is NC1(COc2ccccc2)CO1. The van der Waals surface area contributed by atoms with E-state index >= 15 is 0 Å². The topological polar surface area (TPSA) is 47.8 Å². The number of rotatable bonds is 3. The molecule has 1 aromatic rings. The molecule has 0 saturated carbocycles. The fourth-order valence-electron chi connectivity index (χ4n) is 0.898. The van der Waals surface area contributed by atoms with Crippen molar-refractivity contribution in [1.82, 2.24) is 0 Å². The highest BCUT2D eigenvalue weighted by Gasteiger charge is 2.41. The van der Waals surface area contributed by atoms with Crippen molar-refractivity contribution in [3.63, 3.8) is 0 Å². The van der Waals surface area contributed by atoms with Gasteiger partial charge in [0, 0.05) is 0 Å². The van der Waals surface area contributed by atoms with Gasteiger partial charge in [-0.2, -0.15) is 0 Å². The Labute approximate surface area is 71.1 Å². The lowest BCUT2D eigenvalue weighted by atomic mass is 10.3. The minimum atomic E-state index is -0.518. The minimum absolute atomic E-state index is 0.428. The Bertz CT molecular complexity index is 256. The van der Waals surface area contributed by atoms with Crippen molar-refractivity contribution in [3.05, 3.63) is 30.3 Å². The third kappa shape index (κ3) is 1.75. The van der Waals surface area contributed by atoms with Crippen LogP contribution in [0.25, 0.3) is 0 Å². The number of ether oxygens (including phenoxy) is 2. The second-order valence-corrected chi connectivity index (χ2v) is 2.96. The lowest BCUT2D eigenvalue weighted by Gasteiger charge is -2.07. The summed E-state index contributed by atoms with van der Waals surface area (Å²) >= 11 is 0. The van der Waals surface area contributed by atoms with Gasteiger partial charge in [-0.05, 0) is 12.1 Å². The van der Waals surface area contributed by atoms with Crippen LogP contribution in [0.5, 0.6) is 5.75 Å². The highest BCUT2D eigenvalue weighted by atomic mass is 16.6. The summed E-state index contributed by atoms with van der Waals surface area (Å²) in [5, 5.41) is 0. The van der Waals surface area contributed by atoms with E-state index in [0.29, 0.717) is 13.2 Å². The van der Waals surface area contributed by atoms with Gasteiger partial charge in [0.15, 0.2) is 5.72 Å². The second kappa shape index (κ2) is 2.77. The van der Waals surface area contributed by atoms with Crippen LogP contribution in [0.15, 0.2) is 30.3 Å². The zero-order valence-corrected chi connectivity index (χ0v) is 6.69. The molecule has 0 aromatic heterocycles. The maximum absolute atomic E-state index is 5.65. The highest BCUT2D eigenvalue weighted by molar-refractivity contribution is 5.21. The molecule has 1 heterocycles. The summed E-state index contributed by atoms with van der Waals surface area (Å²) in [4.78, 5) is 0. The molecule has 1 unspecified atom stereocenters. The van der Waals surface area contributed by atoms with Gasteiger partial charge >= 0.3 is 0 Å². The molecular formula is C9H11NO2. The largest absolute Gasteiger partial charge is 0.489 e. The van der Waals surface area contributed by atoms with E-state index in [1.54, 1.807) is 0 Å². The molecule has 64 valence electrons. The molecule has 1 saturated heterocycles. The maximum Gasteiger partial charge on any atom is 0.174 e. The quantitative estimate of drug-likeness (QED) is 0.672. The standard InChI is InChI=1S/C9H11NO2/c10-9(7-12-9)6-11-8-4-2-1-3-5-8/h1-5H,6-7,10H2. The zero-order valence-electron chi connectivity index (χ0n) is 6.69. The molecule has 1 aliphatic heterocycles. The normalized spacial score (nSPS) is 26.8. The summed E-state index contributed by atoms with van der Waals surface area (Å²) in [6, 6.07) is 9.58. The molecule has 1 fully saturated rings. The van der Waals surface area contributed by atoms with Crippen LogP contribution in [0, 0.1) is 0 Å². The average Bonchev–Trinajstić information content (AvgIpc) is 2.84. The Hall–Kier alpha value is -1.06. The molecule has 1 aromatic carbocycles. The molecule has 12 heavy (non-hydrogen) atoms. The van der Waals surface area contributed by atoms with Gasteiger partial charge in [-0.25, -0.2) is 0 Å². The summed E-state index contributed by atoms with van der Waals surface area (Å²) in [6.07, 6.45) is 0. The zero-order chi connectivity index (χ0) is 8.44. The van der Waals surface area contributed by atoms with Gasteiger partial charge in [0.1, 0.15) is 12.4 Å². The summed E-state index contributed by atoms with van der Waals surface area (Å²) in [7, 11) is 0. The summed E-state index contributed by atoms with van der Waals surface area (Å²) in [6.45, 7) is 1.02. The van der Waals surface area contributed by atoms with Gasteiger partial charge in [0.05, 0.1) is 6.61 Å². The van der Waals surface area contributed by atoms with Crippen LogP contribution in [-0.4, -0.2) is 18.9 Å². The monoisotopic (exact) mass is 165 g/mol. The number of epoxide rings is 1. The van der Waals surface area contributed by atoms with Crippen molar-refractivity contribution in [2.24, 2.45) is 5.73 Å². The van der Waals surface area contributed by atoms with E-state index in [9.17, 15) is 0 Å². The van der Waals surface area contributed by atoms with Crippen LogP contribution >= 0.6 is 0 Å². The van der Waals surface area contributed by atoms with Crippen LogP contribution in [-0.2, 0) is 4.74 Å². The first-order chi connectivity index (χ1) is 5.79. The van der Waals surface area contributed by atoms with E-state index in [0.717, 1.165) is 5.75 Å². The predicted molar refractivity (Wildman–Crippen MR) is 44.8 cm³/mol. The van der Waals surface area contributed by atoms with Gasteiger partial charge in [-0.1, -0.05) is 18.2 Å². The third-order valence-corrected chi connectivity index (χ3v) is 1.74. The molecule has 1 atom stereocenters. The third-order valence-electron chi connectivity index (χ3n) is 1.74. The van der Waals surface area contributed by atoms with Crippen LogP contribution in [0.1, 0.15) is 0 Å². The molecule has 1 aliphatic rings. The minimum Gasteiger partial charge on any atom is -0.489 e. The van der Waals surface area contributed by atoms with Gasteiger partial charge in [0.25, 0.3) is 0 Å². The number of hydrogen-bond donors (Lipinski definition) is 1. The smallest absolute Gasteiger partial charge is 0.174 e. The van der Waals surface area contributed by atoms with E-state index in [4.69, 9.17) is 15.2 Å². The number of nitrogens with two attached hydrogens (primary N) is 1. The first kappa shape index (κ1) is 7.58. The van der Waals surface area contributed by atoms with E-state index in [1.165, 1.54) is 0 Å². The maximum atomic E-state index is 5.65. The molecule has 2 rings (SSSR count). The van der Waals surface area contributed by atoms with Crippen molar-refractivity contribution in [2.75, 3.05) is 13.2 Å². The Morgan fingerprint density at radius 1 is 1.42 bits per heavy atom. The van der Waals surface area contributed by atoms with Crippen molar-refractivity contribution in [2.45, 2.75) is 5.72 Å². The number of benzene rings is 1. The van der Waals surface area contributed by atoms with E-state index in [2.05, 4.69) is 0 Å². The Kier molecular flexibility index (Phi) is 1.75. The number of hydrogen-bond acceptors (Lipinski definition) is 3. The van der Waals surface area contributed by atoms with E-state index in [-0.39, 0.29) is 0 Å². The number of para-hydroxylation sites is 1. The lowest BCUT2D eigenvalue weighted by molar-refractivity contribution is 0.194. The second-order valence-electron chi connectivity index (χ2n) is 2.96. The van der Waals surface area contributed by atoms with E-state index in [1.807, 2.05) is 30.3 Å². The van der Waals surface area contributed by atoms with Crippen molar-refractivity contribution >= 4 is 0 Å². The lowest BCUT2D eigenvalue weighted by Crippen LogP contribution is -2.31. The molecule has 0 bridgehead atoms. The Balaban J connectivity index is 1.88. The van der Waals surface area contributed by atoms with Crippen LogP contribution in [0.4, 0.5) is 0 Å². The van der Waals surface area contributed by atoms with Crippen molar-refractivity contribution in [1.29, 1.82) is 0 Å². The predicted octanol–water partition coefficient (Wildman–Crippen LogP) is 0.751. The first-order valence-electron chi connectivity index (χ1n) is 3.89. The molecule has 3 heteroatoms. The highest BCUT2D eigenvalue weighted by Crippen LogP contribution is 2.21. The van der Waals surface area contributed by atoms with Gasteiger partial charge in [0.2, 0.25) is 0 Å². The Morgan fingerprint density at radius 3 is 2.67 bits per heavy atom. The van der Waals surface area contributed by atoms with Crippen LogP contribution in [0.3, 0.4) is 0 Å².